The maximum atomic E-state index is 12.7. The molecule has 3 aromatic rings. The number of carbonyl (C=O) groups is 1. The van der Waals surface area contributed by atoms with Crippen molar-refractivity contribution < 1.29 is 4.79 Å². The molecule has 2 heterocycles. The van der Waals surface area contributed by atoms with E-state index in [4.69, 9.17) is 0 Å². The Morgan fingerprint density at radius 2 is 1.79 bits per heavy atom. The number of rotatable bonds is 5. The van der Waals surface area contributed by atoms with Gasteiger partial charge in [-0.15, -0.1) is 0 Å². The highest BCUT2D eigenvalue weighted by molar-refractivity contribution is 6.11. The van der Waals surface area contributed by atoms with E-state index >= 15 is 0 Å². The Balaban J connectivity index is 1.39. The average molecular weight is 377 g/mol. The molecule has 2 N–H and O–H groups in total. The van der Waals surface area contributed by atoms with Gasteiger partial charge in [0.2, 0.25) is 0 Å². The van der Waals surface area contributed by atoms with Gasteiger partial charge in [-0.2, -0.15) is 5.10 Å². The van der Waals surface area contributed by atoms with Gasteiger partial charge in [0.05, 0.1) is 5.52 Å². The Morgan fingerprint density at radius 1 is 1.07 bits per heavy atom. The number of carbonyl (C=O) groups excluding carboxylic acids is 1. The van der Waals surface area contributed by atoms with Crippen LogP contribution in [-0.2, 0) is 6.54 Å². The Hall–Kier alpha value is -2.70. The zero-order chi connectivity index (χ0) is 19.5. The van der Waals surface area contributed by atoms with Gasteiger partial charge in [-0.1, -0.05) is 30.7 Å². The van der Waals surface area contributed by atoms with E-state index in [9.17, 15) is 4.79 Å². The number of aromatic nitrogens is 2. The number of fused-ring (bicyclic) bond motifs is 1. The van der Waals surface area contributed by atoms with Gasteiger partial charge < -0.3 is 10.2 Å². The molecule has 0 saturated carbocycles. The number of aromatic amines is 1. The van der Waals surface area contributed by atoms with E-state index in [2.05, 4.69) is 44.4 Å². The molecule has 6 heteroatoms. The second-order valence-electron chi connectivity index (χ2n) is 7.48. The summed E-state index contributed by atoms with van der Waals surface area (Å²) in [5.74, 6) is -0.194. The van der Waals surface area contributed by atoms with E-state index in [1.54, 1.807) is 0 Å². The molecule has 0 radical (unpaired) electrons. The molecule has 6 nitrogen and oxygen atoms in total. The van der Waals surface area contributed by atoms with Crippen LogP contribution in [0, 0.1) is 6.92 Å². The third kappa shape index (κ3) is 4.08. The van der Waals surface area contributed by atoms with Crippen LogP contribution >= 0.6 is 0 Å². The van der Waals surface area contributed by atoms with Crippen LogP contribution in [0.25, 0.3) is 10.9 Å². The largest absolute Gasteiger partial charge is 0.321 e. The molecule has 4 rings (SSSR count). The van der Waals surface area contributed by atoms with Crippen molar-refractivity contribution in [3.63, 3.8) is 0 Å². The molecule has 2 aromatic carbocycles. The lowest BCUT2D eigenvalue weighted by Gasteiger charge is -2.34. The highest BCUT2D eigenvalue weighted by Crippen LogP contribution is 2.19. The fraction of sp³-hybridized carbons (Fsp3) is 0.364. The zero-order valence-corrected chi connectivity index (χ0v) is 16.5. The zero-order valence-electron chi connectivity index (χ0n) is 16.5. The number of hydrogen-bond acceptors (Lipinski definition) is 4. The number of H-pyrrole nitrogens is 1. The van der Waals surface area contributed by atoms with Crippen molar-refractivity contribution in [1.82, 2.24) is 20.0 Å². The average Bonchev–Trinajstić information content (AvgIpc) is 3.13. The maximum absolute atomic E-state index is 12.7. The summed E-state index contributed by atoms with van der Waals surface area (Å²) in [4.78, 5) is 17.6. The van der Waals surface area contributed by atoms with Gasteiger partial charge >= 0.3 is 0 Å². The number of benzene rings is 2. The minimum Gasteiger partial charge on any atom is -0.321 e. The third-order valence-electron chi connectivity index (χ3n) is 5.46. The topological polar surface area (TPSA) is 64.3 Å². The van der Waals surface area contributed by atoms with E-state index in [1.165, 1.54) is 5.56 Å². The molecule has 0 spiro atoms. The predicted molar refractivity (Wildman–Crippen MR) is 113 cm³/mol. The molecule has 1 aliphatic heterocycles. The number of likely N-dealkylation sites (N-methyl/N-ethyl adjacent to an activating group) is 1. The van der Waals surface area contributed by atoms with Crippen LogP contribution in [0.2, 0.25) is 0 Å². The van der Waals surface area contributed by atoms with Crippen molar-refractivity contribution >= 4 is 22.5 Å². The molecule has 1 saturated heterocycles. The summed E-state index contributed by atoms with van der Waals surface area (Å²) in [6, 6.07) is 14.1. The molecule has 0 atom stereocenters. The summed E-state index contributed by atoms with van der Waals surface area (Å²) in [5, 5.41) is 10.9. The number of aryl methyl sites for hydroxylation is 1. The molecule has 1 amide bonds. The first-order chi connectivity index (χ1) is 13.6. The first kappa shape index (κ1) is 18.7. The minimum atomic E-state index is -0.194. The van der Waals surface area contributed by atoms with E-state index in [1.807, 2.05) is 37.3 Å². The summed E-state index contributed by atoms with van der Waals surface area (Å²) in [6.45, 7) is 10.8. The monoisotopic (exact) mass is 377 g/mol. The maximum Gasteiger partial charge on any atom is 0.276 e. The number of hydrogen-bond donors (Lipinski definition) is 2. The standard InChI is InChI=1S/C22H27N5O/c1-3-26-10-12-27(13-11-26)15-17-5-7-18(8-6-17)23-22(28)21-19-14-16(2)4-9-20(19)24-25-21/h4-9,14H,3,10-13,15H2,1-2H3,(H,23,28)(H,24,25). The van der Waals surface area contributed by atoms with Gasteiger partial charge in [0.15, 0.2) is 5.69 Å². The lowest BCUT2D eigenvalue weighted by atomic mass is 10.1. The quantitative estimate of drug-likeness (QED) is 0.716. The second kappa shape index (κ2) is 8.12. The summed E-state index contributed by atoms with van der Waals surface area (Å²) in [7, 11) is 0. The molecule has 0 aliphatic carbocycles. The van der Waals surface area contributed by atoms with E-state index in [0.717, 1.165) is 61.4 Å². The smallest absolute Gasteiger partial charge is 0.276 e. The molecule has 1 fully saturated rings. The molecule has 146 valence electrons. The number of anilines is 1. The molecular formula is C22H27N5O. The SMILES string of the molecule is CCN1CCN(Cc2ccc(NC(=O)c3n[nH]c4ccc(C)cc34)cc2)CC1. The van der Waals surface area contributed by atoms with Gasteiger partial charge in [-0.3, -0.25) is 14.8 Å². The fourth-order valence-electron chi connectivity index (χ4n) is 3.71. The summed E-state index contributed by atoms with van der Waals surface area (Å²) in [6.07, 6.45) is 0. The Kier molecular flexibility index (Phi) is 5.41. The van der Waals surface area contributed by atoms with Crippen LogP contribution in [-0.4, -0.2) is 58.6 Å². The lowest BCUT2D eigenvalue weighted by molar-refractivity contribution is 0.102. The van der Waals surface area contributed by atoms with Gasteiger partial charge in [0, 0.05) is 43.8 Å². The van der Waals surface area contributed by atoms with Crippen molar-refractivity contribution in [3.05, 3.63) is 59.3 Å². The summed E-state index contributed by atoms with van der Waals surface area (Å²) < 4.78 is 0. The molecule has 1 aromatic heterocycles. The van der Waals surface area contributed by atoms with E-state index in [-0.39, 0.29) is 5.91 Å². The van der Waals surface area contributed by atoms with Gasteiger partial charge in [0.1, 0.15) is 0 Å². The number of nitrogens with one attached hydrogen (secondary N) is 2. The van der Waals surface area contributed by atoms with E-state index < -0.39 is 0 Å². The van der Waals surface area contributed by atoms with Crippen molar-refractivity contribution in [3.8, 4) is 0 Å². The Labute approximate surface area is 165 Å². The third-order valence-corrected chi connectivity index (χ3v) is 5.46. The first-order valence-corrected chi connectivity index (χ1v) is 9.92. The summed E-state index contributed by atoms with van der Waals surface area (Å²) >= 11 is 0. The molecule has 28 heavy (non-hydrogen) atoms. The van der Waals surface area contributed by atoms with Gasteiger partial charge in [-0.25, -0.2) is 0 Å². The van der Waals surface area contributed by atoms with Crippen LogP contribution in [0.4, 0.5) is 5.69 Å². The van der Waals surface area contributed by atoms with Crippen LogP contribution in [0.15, 0.2) is 42.5 Å². The van der Waals surface area contributed by atoms with Crippen molar-refractivity contribution in [2.24, 2.45) is 0 Å². The molecular weight excluding hydrogens is 350 g/mol. The van der Waals surface area contributed by atoms with Crippen molar-refractivity contribution in [2.75, 3.05) is 38.0 Å². The van der Waals surface area contributed by atoms with Crippen LogP contribution in [0.1, 0.15) is 28.5 Å². The minimum absolute atomic E-state index is 0.194. The molecule has 0 unspecified atom stereocenters. The highest BCUT2D eigenvalue weighted by atomic mass is 16.1. The Bertz CT molecular complexity index is 955. The van der Waals surface area contributed by atoms with Gasteiger partial charge in [0.25, 0.3) is 5.91 Å². The van der Waals surface area contributed by atoms with Crippen molar-refractivity contribution in [1.29, 1.82) is 0 Å². The van der Waals surface area contributed by atoms with Crippen LogP contribution in [0.3, 0.4) is 0 Å². The van der Waals surface area contributed by atoms with Crippen LogP contribution < -0.4 is 5.32 Å². The van der Waals surface area contributed by atoms with E-state index in [0.29, 0.717) is 5.69 Å². The molecule has 0 bridgehead atoms. The molecule has 1 aliphatic rings. The number of piperazine rings is 1. The summed E-state index contributed by atoms with van der Waals surface area (Å²) in [5.41, 5.74) is 4.45. The second-order valence-corrected chi connectivity index (χ2v) is 7.48. The lowest BCUT2D eigenvalue weighted by Crippen LogP contribution is -2.45. The van der Waals surface area contributed by atoms with Crippen molar-refractivity contribution in [2.45, 2.75) is 20.4 Å². The highest BCUT2D eigenvalue weighted by Gasteiger charge is 2.16. The fourth-order valence-corrected chi connectivity index (χ4v) is 3.71. The number of nitrogens with zero attached hydrogens (tertiary/aromatic N) is 3. The predicted octanol–water partition coefficient (Wildman–Crippen LogP) is 3.26. The first-order valence-electron chi connectivity index (χ1n) is 9.92. The van der Waals surface area contributed by atoms with Crippen LogP contribution in [0.5, 0.6) is 0 Å². The number of amides is 1. The van der Waals surface area contributed by atoms with Gasteiger partial charge in [-0.05, 0) is 43.3 Å². The Morgan fingerprint density at radius 3 is 2.50 bits per heavy atom. The normalized spacial score (nSPS) is 15.8.